The third-order valence-corrected chi connectivity index (χ3v) is 2.38. The highest BCUT2D eigenvalue weighted by atomic mass is 16.6. The summed E-state index contributed by atoms with van der Waals surface area (Å²) in [5, 5.41) is 10.7. The van der Waals surface area contributed by atoms with Gasteiger partial charge in [-0.2, -0.15) is 0 Å². The molecule has 1 aromatic rings. The van der Waals surface area contributed by atoms with Crippen LogP contribution >= 0.6 is 0 Å². The molecule has 98 valence electrons. The minimum absolute atomic E-state index is 0.00892. The van der Waals surface area contributed by atoms with Crippen LogP contribution in [-0.4, -0.2) is 31.0 Å². The number of nitro groups is 1. The zero-order valence-corrected chi connectivity index (χ0v) is 10.6. The van der Waals surface area contributed by atoms with E-state index in [-0.39, 0.29) is 24.7 Å². The monoisotopic (exact) mass is 253 g/mol. The smallest absolute Gasteiger partial charge is 0.272 e. The van der Waals surface area contributed by atoms with Crippen LogP contribution in [0, 0.1) is 24.0 Å². The Labute approximate surface area is 105 Å². The van der Waals surface area contributed by atoms with Crippen molar-refractivity contribution in [1.29, 1.82) is 0 Å². The van der Waals surface area contributed by atoms with Gasteiger partial charge in [-0.1, -0.05) is 0 Å². The first-order valence-electron chi connectivity index (χ1n) is 5.34. The van der Waals surface area contributed by atoms with Gasteiger partial charge in [0.05, 0.1) is 4.92 Å². The van der Waals surface area contributed by atoms with Crippen LogP contribution in [0.25, 0.3) is 0 Å². The van der Waals surface area contributed by atoms with Crippen molar-refractivity contribution in [1.82, 2.24) is 0 Å². The molecule has 6 heteroatoms. The predicted octanol–water partition coefficient (Wildman–Crippen LogP) is 1.81. The van der Waals surface area contributed by atoms with E-state index in [1.807, 2.05) is 0 Å². The van der Waals surface area contributed by atoms with Gasteiger partial charge in [-0.05, 0) is 25.5 Å². The number of aryl methyl sites for hydroxylation is 2. The van der Waals surface area contributed by atoms with Crippen molar-refractivity contribution in [2.24, 2.45) is 0 Å². The van der Waals surface area contributed by atoms with Crippen LogP contribution in [0.5, 0.6) is 5.75 Å². The van der Waals surface area contributed by atoms with Crippen molar-refractivity contribution >= 4 is 11.5 Å². The first kappa shape index (κ1) is 14.1. The number of methoxy groups -OCH3 is 1. The second kappa shape index (κ2) is 6.11. The fourth-order valence-corrected chi connectivity index (χ4v) is 1.49. The van der Waals surface area contributed by atoms with E-state index in [0.717, 1.165) is 0 Å². The summed E-state index contributed by atoms with van der Waals surface area (Å²) in [6, 6.07) is 3.00. The lowest BCUT2D eigenvalue weighted by molar-refractivity contribution is -0.385. The third-order valence-electron chi connectivity index (χ3n) is 2.38. The maximum Gasteiger partial charge on any atom is 0.272 e. The van der Waals surface area contributed by atoms with Gasteiger partial charge in [0.25, 0.3) is 5.69 Å². The molecular weight excluding hydrogens is 238 g/mol. The molecule has 0 aliphatic heterocycles. The molecule has 0 unspecified atom stereocenters. The minimum atomic E-state index is -0.442. The Morgan fingerprint density at radius 1 is 1.28 bits per heavy atom. The van der Waals surface area contributed by atoms with Gasteiger partial charge in [0.2, 0.25) is 0 Å². The average Bonchev–Trinajstić information content (AvgIpc) is 2.29. The number of ether oxygens (including phenoxy) is 2. The summed E-state index contributed by atoms with van der Waals surface area (Å²) in [4.78, 5) is 21.5. The van der Waals surface area contributed by atoms with Crippen molar-refractivity contribution < 1.29 is 19.2 Å². The van der Waals surface area contributed by atoms with Crippen LogP contribution in [0.4, 0.5) is 5.69 Å². The van der Waals surface area contributed by atoms with E-state index in [1.54, 1.807) is 19.9 Å². The lowest BCUT2D eigenvalue weighted by Crippen LogP contribution is -2.16. The number of benzene rings is 1. The number of Topliss-reactive ketones (excluding diaryl/α,β-unsaturated/α-hetero) is 1. The highest BCUT2D eigenvalue weighted by molar-refractivity contribution is 5.81. The van der Waals surface area contributed by atoms with Crippen LogP contribution in [0.2, 0.25) is 0 Å². The van der Waals surface area contributed by atoms with E-state index in [1.165, 1.54) is 13.2 Å². The largest absolute Gasteiger partial charge is 0.485 e. The fraction of sp³-hybridized carbons (Fsp3) is 0.417. The summed E-state index contributed by atoms with van der Waals surface area (Å²) < 4.78 is 9.99. The molecule has 0 aromatic heterocycles. The standard InChI is InChI=1S/C12H15NO5/c1-8-5-12(18-7-10(14)6-17-3)9(2)4-11(8)13(15)16/h4-5H,6-7H2,1-3H3. The molecule has 6 nitrogen and oxygen atoms in total. The van der Waals surface area contributed by atoms with E-state index < -0.39 is 4.92 Å². The quantitative estimate of drug-likeness (QED) is 0.570. The number of hydrogen-bond acceptors (Lipinski definition) is 5. The highest BCUT2D eigenvalue weighted by Gasteiger charge is 2.14. The maximum absolute atomic E-state index is 11.2. The Balaban J connectivity index is 2.82. The maximum atomic E-state index is 11.2. The van der Waals surface area contributed by atoms with Crippen LogP contribution in [0.3, 0.4) is 0 Å². The molecule has 0 spiro atoms. The van der Waals surface area contributed by atoms with Gasteiger partial charge in [0.1, 0.15) is 19.0 Å². The number of nitro benzene ring substituents is 1. The molecule has 0 radical (unpaired) electrons. The Morgan fingerprint density at radius 2 is 1.94 bits per heavy atom. The summed E-state index contributed by atoms with van der Waals surface area (Å²) in [7, 11) is 1.43. The van der Waals surface area contributed by atoms with Gasteiger partial charge < -0.3 is 9.47 Å². The number of rotatable bonds is 6. The molecule has 0 N–H and O–H groups in total. The topological polar surface area (TPSA) is 78.7 Å². The lowest BCUT2D eigenvalue weighted by atomic mass is 10.1. The summed E-state index contributed by atoms with van der Waals surface area (Å²) in [5.74, 6) is 0.287. The number of ketones is 1. The molecule has 18 heavy (non-hydrogen) atoms. The van der Waals surface area contributed by atoms with Gasteiger partial charge >= 0.3 is 0 Å². The van der Waals surface area contributed by atoms with Gasteiger partial charge in [0, 0.05) is 18.7 Å². The molecule has 1 aromatic carbocycles. The zero-order valence-electron chi connectivity index (χ0n) is 10.6. The van der Waals surface area contributed by atoms with Crippen LogP contribution < -0.4 is 4.74 Å². The lowest BCUT2D eigenvalue weighted by Gasteiger charge is -2.09. The minimum Gasteiger partial charge on any atom is -0.485 e. The predicted molar refractivity (Wildman–Crippen MR) is 64.9 cm³/mol. The van der Waals surface area contributed by atoms with E-state index in [4.69, 9.17) is 4.74 Å². The van der Waals surface area contributed by atoms with Crippen LogP contribution in [0.15, 0.2) is 12.1 Å². The SMILES string of the molecule is COCC(=O)COc1cc(C)c([N+](=O)[O-])cc1C. The average molecular weight is 253 g/mol. The molecule has 0 amide bonds. The molecular formula is C12H15NO5. The van der Waals surface area contributed by atoms with E-state index in [0.29, 0.717) is 16.9 Å². The Morgan fingerprint density at radius 3 is 2.50 bits per heavy atom. The first-order chi connectivity index (χ1) is 8.45. The zero-order chi connectivity index (χ0) is 13.7. The van der Waals surface area contributed by atoms with Crippen LogP contribution in [-0.2, 0) is 9.53 Å². The molecule has 0 fully saturated rings. The molecule has 0 saturated heterocycles. The molecule has 0 heterocycles. The normalized spacial score (nSPS) is 10.2. The van der Waals surface area contributed by atoms with Crippen molar-refractivity contribution in [3.05, 3.63) is 33.4 Å². The molecule has 0 saturated carbocycles. The Bertz CT molecular complexity index is 470. The number of carbonyl (C=O) groups excluding carboxylic acids is 1. The number of nitrogens with zero attached hydrogens (tertiary/aromatic N) is 1. The van der Waals surface area contributed by atoms with Gasteiger partial charge in [-0.15, -0.1) is 0 Å². The summed E-state index contributed by atoms with van der Waals surface area (Å²) >= 11 is 0. The van der Waals surface area contributed by atoms with Crippen molar-refractivity contribution in [2.75, 3.05) is 20.3 Å². The number of hydrogen-bond donors (Lipinski definition) is 0. The van der Waals surface area contributed by atoms with E-state index >= 15 is 0 Å². The second-order valence-corrected chi connectivity index (χ2v) is 3.92. The Hall–Kier alpha value is -1.95. The summed E-state index contributed by atoms with van der Waals surface area (Å²) in [5.41, 5.74) is 1.17. The van der Waals surface area contributed by atoms with Crippen LogP contribution in [0.1, 0.15) is 11.1 Å². The van der Waals surface area contributed by atoms with Gasteiger partial charge in [-0.25, -0.2) is 0 Å². The Kier molecular flexibility index (Phi) is 4.79. The van der Waals surface area contributed by atoms with E-state index in [9.17, 15) is 14.9 Å². The molecule has 1 rings (SSSR count). The molecule has 0 aliphatic carbocycles. The molecule has 0 atom stereocenters. The van der Waals surface area contributed by atoms with Crippen molar-refractivity contribution in [3.8, 4) is 5.75 Å². The third kappa shape index (κ3) is 3.53. The summed E-state index contributed by atoms with van der Waals surface area (Å²) in [6.45, 7) is 3.21. The summed E-state index contributed by atoms with van der Waals surface area (Å²) in [6.07, 6.45) is 0. The van der Waals surface area contributed by atoms with Crippen molar-refractivity contribution in [3.63, 3.8) is 0 Å². The fourth-order valence-electron chi connectivity index (χ4n) is 1.49. The molecule has 0 aliphatic rings. The van der Waals surface area contributed by atoms with Gasteiger partial charge in [0.15, 0.2) is 5.78 Å². The van der Waals surface area contributed by atoms with E-state index in [2.05, 4.69) is 4.74 Å². The number of carbonyl (C=O) groups is 1. The van der Waals surface area contributed by atoms with Gasteiger partial charge in [-0.3, -0.25) is 14.9 Å². The molecule has 0 bridgehead atoms. The highest BCUT2D eigenvalue weighted by Crippen LogP contribution is 2.27. The van der Waals surface area contributed by atoms with Crippen molar-refractivity contribution in [2.45, 2.75) is 13.8 Å². The first-order valence-corrected chi connectivity index (χ1v) is 5.34. The second-order valence-electron chi connectivity index (χ2n) is 3.92.